The molecule has 2 atom stereocenters. The molecule has 0 unspecified atom stereocenters. The number of rotatable bonds is 4. The van der Waals surface area contributed by atoms with Crippen LogP contribution in [0.4, 0.5) is 0 Å². The first-order valence-electron chi connectivity index (χ1n) is 8.17. The summed E-state index contributed by atoms with van der Waals surface area (Å²) in [4.78, 5) is 7.84. The molecule has 1 heterocycles. The van der Waals surface area contributed by atoms with Crippen molar-refractivity contribution in [3.05, 3.63) is 53.7 Å². The maximum Gasteiger partial charge on any atom is 0.234 e. The average Bonchev–Trinajstić information content (AvgIpc) is 2.62. The monoisotopic (exact) mass is 384 g/mol. The number of nitrogens with zero attached hydrogens (tertiary/aromatic N) is 2. The molecule has 0 fully saturated rings. The standard InChI is InChI=1S/C18H20N6O4/c19-17(20)23-6-5-9-1-4-13-14(7-9)28-16(24-18(21)22)15(27-13)10-2-3-11(25)12(26)8-10/h1-8,15-16,25-26H,(H4,19,20,23)(H4,21,22,24)/b6-5+/t15-,16-/m1/s1. The molecule has 0 amide bonds. The summed E-state index contributed by atoms with van der Waals surface area (Å²) in [6, 6.07) is 9.49. The number of phenols is 2. The minimum Gasteiger partial charge on any atom is -0.504 e. The van der Waals surface area contributed by atoms with Crippen LogP contribution < -0.4 is 32.4 Å². The van der Waals surface area contributed by atoms with Crippen molar-refractivity contribution in [3.8, 4) is 23.0 Å². The molecule has 0 saturated heterocycles. The van der Waals surface area contributed by atoms with Crippen molar-refractivity contribution in [3.63, 3.8) is 0 Å². The molecule has 0 spiro atoms. The van der Waals surface area contributed by atoms with Crippen LogP contribution in [0.3, 0.4) is 0 Å². The molecule has 146 valence electrons. The molecule has 0 radical (unpaired) electrons. The molecule has 2 aromatic carbocycles. The lowest BCUT2D eigenvalue weighted by atomic mass is 10.1. The van der Waals surface area contributed by atoms with Crippen LogP contribution in [0.2, 0.25) is 0 Å². The molecule has 10 nitrogen and oxygen atoms in total. The first kappa shape index (κ1) is 18.7. The summed E-state index contributed by atoms with van der Waals surface area (Å²) >= 11 is 0. The van der Waals surface area contributed by atoms with Gasteiger partial charge < -0.3 is 42.6 Å². The number of ether oxygens (including phenoxy) is 2. The molecule has 0 aliphatic carbocycles. The SMILES string of the molecule is NC(N)=N/C=C/c1ccc2c(c1)O[C@@H](N=C(N)N)[C@@H](c1ccc(O)c(O)c1)O2. The van der Waals surface area contributed by atoms with E-state index < -0.39 is 12.3 Å². The Hall–Kier alpha value is -4.08. The molecule has 3 rings (SSSR count). The summed E-state index contributed by atoms with van der Waals surface area (Å²) in [7, 11) is 0. The van der Waals surface area contributed by atoms with E-state index in [1.165, 1.54) is 18.3 Å². The Morgan fingerprint density at radius 2 is 1.68 bits per heavy atom. The lowest BCUT2D eigenvalue weighted by molar-refractivity contribution is 0.0248. The van der Waals surface area contributed by atoms with Gasteiger partial charge in [0.25, 0.3) is 0 Å². The highest BCUT2D eigenvalue weighted by atomic mass is 16.6. The van der Waals surface area contributed by atoms with Gasteiger partial charge in [0.2, 0.25) is 6.23 Å². The molecule has 0 aromatic heterocycles. The summed E-state index contributed by atoms with van der Waals surface area (Å²) < 4.78 is 11.9. The van der Waals surface area contributed by atoms with E-state index in [4.69, 9.17) is 32.4 Å². The van der Waals surface area contributed by atoms with Crippen LogP contribution in [-0.2, 0) is 0 Å². The summed E-state index contributed by atoms with van der Waals surface area (Å²) in [5, 5.41) is 19.3. The van der Waals surface area contributed by atoms with E-state index in [9.17, 15) is 10.2 Å². The fourth-order valence-electron chi connectivity index (χ4n) is 2.61. The maximum atomic E-state index is 9.78. The zero-order valence-corrected chi connectivity index (χ0v) is 14.7. The molecule has 0 bridgehead atoms. The van der Waals surface area contributed by atoms with Gasteiger partial charge in [0, 0.05) is 11.8 Å². The second-order valence-electron chi connectivity index (χ2n) is 5.92. The molecule has 10 heteroatoms. The third-order valence-electron chi connectivity index (χ3n) is 3.82. The fraction of sp³-hybridized carbons (Fsp3) is 0.111. The molecular formula is C18H20N6O4. The maximum absolute atomic E-state index is 9.78. The molecular weight excluding hydrogens is 364 g/mol. The number of fused-ring (bicyclic) bond motifs is 1. The number of nitrogens with two attached hydrogens (primary N) is 4. The van der Waals surface area contributed by atoms with Gasteiger partial charge >= 0.3 is 0 Å². The lowest BCUT2D eigenvalue weighted by Gasteiger charge is -2.32. The average molecular weight is 384 g/mol. The Labute approximate surface area is 160 Å². The quantitative estimate of drug-likeness (QED) is 0.249. The van der Waals surface area contributed by atoms with Gasteiger partial charge in [0.15, 0.2) is 41.0 Å². The predicted octanol–water partition coefficient (Wildman–Crippen LogP) is 0.454. The number of guanidine groups is 2. The summed E-state index contributed by atoms with van der Waals surface area (Å²) in [5.41, 5.74) is 22.9. The van der Waals surface area contributed by atoms with Crippen LogP contribution >= 0.6 is 0 Å². The van der Waals surface area contributed by atoms with Gasteiger partial charge in [-0.3, -0.25) is 0 Å². The van der Waals surface area contributed by atoms with E-state index in [-0.39, 0.29) is 23.4 Å². The van der Waals surface area contributed by atoms with Crippen molar-refractivity contribution < 1.29 is 19.7 Å². The number of phenolic OH excluding ortho intramolecular Hbond substituents is 2. The number of benzene rings is 2. The van der Waals surface area contributed by atoms with Gasteiger partial charge in [-0.05, 0) is 35.9 Å². The van der Waals surface area contributed by atoms with Crippen LogP contribution in [0, 0.1) is 0 Å². The third kappa shape index (κ3) is 4.18. The van der Waals surface area contributed by atoms with Gasteiger partial charge in [-0.2, -0.15) is 0 Å². The number of hydrogen-bond acceptors (Lipinski definition) is 6. The van der Waals surface area contributed by atoms with E-state index in [2.05, 4.69) is 9.98 Å². The molecule has 1 aliphatic heterocycles. The van der Waals surface area contributed by atoms with Crippen LogP contribution in [-0.4, -0.2) is 28.4 Å². The van der Waals surface area contributed by atoms with Crippen molar-refractivity contribution in [2.75, 3.05) is 0 Å². The fourth-order valence-corrected chi connectivity index (χ4v) is 2.61. The summed E-state index contributed by atoms with van der Waals surface area (Å²) in [6.45, 7) is 0. The smallest absolute Gasteiger partial charge is 0.234 e. The van der Waals surface area contributed by atoms with Gasteiger partial charge in [-0.15, -0.1) is 0 Å². The number of aliphatic imine (C=N–C) groups is 2. The van der Waals surface area contributed by atoms with E-state index >= 15 is 0 Å². The van der Waals surface area contributed by atoms with Crippen molar-refractivity contribution in [2.24, 2.45) is 32.9 Å². The van der Waals surface area contributed by atoms with Crippen LogP contribution in [0.25, 0.3) is 6.08 Å². The van der Waals surface area contributed by atoms with Gasteiger partial charge in [0.1, 0.15) is 0 Å². The van der Waals surface area contributed by atoms with E-state index in [1.54, 1.807) is 30.3 Å². The van der Waals surface area contributed by atoms with Crippen LogP contribution in [0.15, 0.2) is 52.6 Å². The Bertz CT molecular complexity index is 965. The molecule has 1 aliphatic rings. The Balaban J connectivity index is 1.95. The van der Waals surface area contributed by atoms with Gasteiger partial charge in [-0.1, -0.05) is 12.1 Å². The Morgan fingerprint density at radius 1 is 0.893 bits per heavy atom. The highest BCUT2D eigenvalue weighted by Crippen LogP contribution is 2.42. The Kier molecular flexibility index (Phi) is 5.12. The van der Waals surface area contributed by atoms with Crippen molar-refractivity contribution in [2.45, 2.75) is 12.3 Å². The Morgan fingerprint density at radius 3 is 2.36 bits per heavy atom. The molecule has 28 heavy (non-hydrogen) atoms. The van der Waals surface area contributed by atoms with Crippen molar-refractivity contribution >= 4 is 18.0 Å². The predicted molar refractivity (Wildman–Crippen MR) is 105 cm³/mol. The topological polar surface area (TPSA) is 188 Å². The minimum atomic E-state index is -0.904. The third-order valence-corrected chi connectivity index (χ3v) is 3.82. The number of aromatic hydroxyl groups is 2. The summed E-state index contributed by atoms with van der Waals surface area (Å²) in [6.07, 6.45) is 1.49. The zero-order valence-electron chi connectivity index (χ0n) is 14.7. The molecule has 10 N–H and O–H groups in total. The molecule has 0 saturated carbocycles. The van der Waals surface area contributed by atoms with Crippen LogP contribution in [0.1, 0.15) is 17.2 Å². The second-order valence-corrected chi connectivity index (χ2v) is 5.92. The first-order chi connectivity index (χ1) is 13.3. The minimum absolute atomic E-state index is 0.0541. The normalized spacial score (nSPS) is 17.9. The highest BCUT2D eigenvalue weighted by molar-refractivity contribution is 5.77. The number of hydrogen-bond donors (Lipinski definition) is 6. The first-order valence-corrected chi connectivity index (χ1v) is 8.17. The van der Waals surface area contributed by atoms with Crippen LogP contribution in [0.5, 0.6) is 23.0 Å². The van der Waals surface area contributed by atoms with E-state index in [0.717, 1.165) is 5.56 Å². The highest BCUT2D eigenvalue weighted by Gasteiger charge is 2.33. The van der Waals surface area contributed by atoms with Gasteiger partial charge in [0.05, 0.1) is 0 Å². The lowest BCUT2D eigenvalue weighted by Crippen LogP contribution is -2.35. The zero-order chi connectivity index (χ0) is 20.3. The second kappa shape index (κ2) is 7.66. The van der Waals surface area contributed by atoms with E-state index in [0.29, 0.717) is 17.1 Å². The van der Waals surface area contributed by atoms with E-state index in [1.807, 2.05) is 0 Å². The summed E-state index contributed by atoms with van der Waals surface area (Å²) in [5.74, 6) is 0.0854. The van der Waals surface area contributed by atoms with Crippen molar-refractivity contribution in [1.82, 2.24) is 0 Å². The van der Waals surface area contributed by atoms with Crippen molar-refractivity contribution in [1.29, 1.82) is 0 Å². The molecule has 2 aromatic rings. The largest absolute Gasteiger partial charge is 0.504 e. The van der Waals surface area contributed by atoms with Gasteiger partial charge in [-0.25, -0.2) is 9.98 Å².